The normalized spacial score (nSPS) is 20.5. The second kappa shape index (κ2) is 7.18. The lowest BCUT2D eigenvalue weighted by molar-refractivity contribution is -0.117. The molecule has 2 rings (SSSR count). The molecule has 1 fully saturated rings. The van der Waals surface area contributed by atoms with E-state index in [2.05, 4.69) is 16.0 Å². The molecule has 1 aromatic rings. The summed E-state index contributed by atoms with van der Waals surface area (Å²) < 4.78 is 22.7. The quantitative estimate of drug-likeness (QED) is 0.750. The van der Waals surface area contributed by atoms with E-state index in [1.54, 1.807) is 24.3 Å². The predicted octanol–water partition coefficient (Wildman–Crippen LogP) is 1.15. The van der Waals surface area contributed by atoms with Crippen LogP contribution in [0, 0.1) is 0 Å². The van der Waals surface area contributed by atoms with Crippen molar-refractivity contribution in [3.8, 4) is 0 Å². The monoisotopic (exact) mass is 359 g/mol. The molecule has 1 heterocycles. The van der Waals surface area contributed by atoms with Crippen molar-refractivity contribution < 1.29 is 18.0 Å². The summed E-state index contributed by atoms with van der Waals surface area (Å²) in [5.41, 5.74) is 0.565. The fraction of sp³-hybridized carbons (Fsp3) is 0.429. The minimum atomic E-state index is -3.06. The van der Waals surface area contributed by atoms with Crippen molar-refractivity contribution in [1.29, 1.82) is 0 Å². The highest BCUT2D eigenvalue weighted by atomic mass is 35.5. The molecular formula is C14H18ClN3O4S. The molecule has 0 radical (unpaired) electrons. The van der Waals surface area contributed by atoms with Crippen LogP contribution in [0.25, 0.3) is 0 Å². The van der Waals surface area contributed by atoms with Crippen LogP contribution in [-0.4, -0.2) is 43.9 Å². The van der Waals surface area contributed by atoms with Gasteiger partial charge in [-0.05, 0) is 37.6 Å². The fourth-order valence-corrected chi connectivity index (χ4v) is 3.98. The average Bonchev–Trinajstić information content (AvgIpc) is 2.80. The van der Waals surface area contributed by atoms with Crippen molar-refractivity contribution in [3.05, 3.63) is 29.3 Å². The number of hydrogen-bond donors (Lipinski definition) is 3. The van der Waals surface area contributed by atoms with Crippen LogP contribution < -0.4 is 16.0 Å². The summed E-state index contributed by atoms with van der Waals surface area (Å²) in [6, 6.07) is 4.83. The van der Waals surface area contributed by atoms with Gasteiger partial charge in [0, 0.05) is 16.8 Å². The third-order valence-electron chi connectivity index (χ3n) is 3.42. The molecule has 23 heavy (non-hydrogen) atoms. The first-order valence-corrected chi connectivity index (χ1v) is 9.29. The Kier molecular flexibility index (Phi) is 5.48. The van der Waals surface area contributed by atoms with Gasteiger partial charge in [0.1, 0.15) is 6.04 Å². The standard InChI is InChI=1S/C14H18ClN3O4S/c1-9(13(19)17-11-4-2-10(15)3-5-11)16-14(20)18-12-6-7-23(21,22)8-12/h2-5,9,12H,6-8H2,1H3,(H,17,19)(H2,16,18,20)/t9-,12?/m1/s1. The van der Waals surface area contributed by atoms with Gasteiger partial charge in [0.25, 0.3) is 0 Å². The molecular weight excluding hydrogens is 342 g/mol. The minimum Gasteiger partial charge on any atom is -0.334 e. The van der Waals surface area contributed by atoms with Crippen LogP contribution in [0.15, 0.2) is 24.3 Å². The first kappa shape index (κ1) is 17.6. The minimum absolute atomic E-state index is 0.0637. The molecule has 0 aromatic heterocycles. The molecule has 1 aliphatic heterocycles. The third-order valence-corrected chi connectivity index (χ3v) is 5.44. The van der Waals surface area contributed by atoms with Gasteiger partial charge in [-0.3, -0.25) is 4.79 Å². The zero-order valence-corrected chi connectivity index (χ0v) is 14.1. The second-order valence-corrected chi connectivity index (χ2v) is 8.10. The number of benzene rings is 1. The SMILES string of the molecule is C[C@@H](NC(=O)NC1CCS(=O)(=O)C1)C(=O)Nc1ccc(Cl)cc1. The van der Waals surface area contributed by atoms with E-state index in [0.717, 1.165) is 0 Å². The molecule has 1 saturated heterocycles. The van der Waals surface area contributed by atoms with Gasteiger partial charge < -0.3 is 16.0 Å². The Morgan fingerprint density at radius 2 is 1.91 bits per heavy atom. The van der Waals surface area contributed by atoms with E-state index >= 15 is 0 Å². The van der Waals surface area contributed by atoms with Crippen LogP contribution >= 0.6 is 11.6 Å². The number of hydrogen-bond acceptors (Lipinski definition) is 4. The van der Waals surface area contributed by atoms with Gasteiger partial charge in [-0.2, -0.15) is 0 Å². The smallest absolute Gasteiger partial charge is 0.315 e. The molecule has 0 spiro atoms. The highest BCUT2D eigenvalue weighted by Crippen LogP contribution is 2.13. The Morgan fingerprint density at radius 3 is 2.48 bits per heavy atom. The Labute approximate surface area is 139 Å². The van der Waals surface area contributed by atoms with Crippen molar-refractivity contribution in [2.75, 3.05) is 16.8 Å². The van der Waals surface area contributed by atoms with E-state index in [0.29, 0.717) is 17.1 Å². The molecule has 1 aromatic carbocycles. The average molecular weight is 360 g/mol. The van der Waals surface area contributed by atoms with Gasteiger partial charge in [-0.15, -0.1) is 0 Å². The number of nitrogens with one attached hydrogen (secondary N) is 3. The van der Waals surface area contributed by atoms with Crippen molar-refractivity contribution in [2.24, 2.45) is 0 Å². The molecule has 126 valence electrons. The Bertz CT molecular complexity index is 690. The lowest BCUT2D eigenvalue weighted by atomic mass is 10.2. The van der Waals surface area contributed by atoms with Crippen molar-refractivity contribution in [3.63, 3.8) is 0 Å². The number of halogens is 1. The third kappa shape index (κ3) is 5.40. The van der Waals surface area contributed by atoms with E-state index in [1.165, 1.54) is 6.92 Å². The fourth-order valence-electron chi connectivity index (χ4n) is 2.18. The lowest BCUT2D eigenvalue weighted by Crippen LogP contribution is -2.49. The predicted molar refractivity (Wildman–Crippen MR) is 88.3 cm³/mol. The maximum absolute atomic E-state index is 12.0. The molecule has 2 atom stereocenters. The number of carbonyl (C=O) groups excluding carboxylic acids is 2. The number of carbonyl (C=O) groups is 2. The van der Waals surface area contributed by atoms with Gasteiger partial charge in [-0.25, -0.2) is 13.2 Å². The highest BCUT2D eigenvalue weighted by Gasteiger charge is 2.29. The summed E-state index contributed by atoms with van der Waals surface area (Å²) in [6.07, 6.45) is 0.390. The number of rotatable bonds is 4. The molecule has 0 saturated carbocycles. The van der Waals surface area contributed by atoms with E-state index < -0.39 is 28.0 Å². The van der Waals surface area contributed by atoms with Crippen LogP contribution in [-0.2, 0) is 14.6 Å². The van der Waals surface area contributed by atoms with Crippen LogP contribution in [0.1, 0.15) is 13.3 Å². The molecule has 3 N–H and O–H groups in total. The van der Waals surface area contributed by atoms with Gasteiger partial charge in [0.05, 0.1) is 11.5 Å². The van der Waals surface area contributed by atoms with Crippen LogP contribution in [0.2, 0.25) is 5.02 Å². The number of sulfone groups is 1. The maximum Gasteiger partial charge on any atom is 0.315 e. The maximum atomic E-state index is 12.0. The highest BCUT2D eigenvalue weighted by molar-refractivity contribution is 7.91. The molecule has 7 nitrogen and oxygen atoms in total. The summed E-state index contributed by atoms with van der Waals surface area (Å²) in [6.45, 7) is 1.54. The van der Waals surface area contributed by atoms with E-state index in [9.17, 15) is 18.0 Å². The van der Waals surface area contributed by atoms with Crippen LogP contribution in [0.5, 0.6) is 0 Å². The molecule has 1 unspecified atom stereocenters. The first-order valence-electron chi connectivity index (χ1n) is 7.09. The van der Waals surface area contributed by atoms with E-state index in [1.807, 2.05) is 0 Å². The zero-order chi connectivity index (χ0) is 17.0. The first-order chi connectivity index (χ1) is 10.7. The molecule has 9 heteroatoms. The molecule has 0 bridgehead atoms. The molecule has 3 amide bonds. The molecule has 0 aliphatic carbocycles. The Hall–Kier alpha value is -1.80. The van der Waals surface area contributed by atoms with Crippen LogP contribution in [0.3, 0.4) is 0 Å². The Morgan fingerprint density at radius 1 is 1.26 bits per heavy atom. The number of amides is 3. The van der Waals surface area contributed by atoms with Crippen molar-refractivity contribution >= 4 is 39.1 Å². The van der Waals surface area contributed by atoms with Gasteiger partial charge in [0.15, 0.2) is 9.84 Å². The summed E-state index contributed by atoms with van der Waals surface area (Å²) in [7, 11) is -3.06. The molecule has 1 aliphatic rings. The summed E-state index contributed by atoms with van der Waals surface area (Å²) in [5, 5.41) is 8.25. The number of urea groups is 1. The van der Waals surface area contributed by atoms with E-state index in [-0.39, 0.29) is 17.4 Å². The second-order valence-electron chi connectivity index (χ2n) is 5.44. The lowest BCUT2D eigenvalue weighted by Gasteiger charge is -2.17. The Balaban J connectivity index is 1.81. The number of anilines is 1. The van der Waals surface area contributed by atoms with Gasteiger partial charge in [0.2, 0.25) is 5.91 Å². The topological polar surface area (TPSA) is 104 Å². The summed E-state index contributed by atoms with van der Waals surface area (Å²) >= 11 is 5.76. The van der Waals surface area contributed by atoms with Crippen molar-refractivity contribution in [2.45, 2.75) is 25.4 Å². The summed E-state index contributed by atoms with van der Waals surface area (Å²) in [5.74, 6) is -0.377. The van der Waals surface area contributed by atoms with Crippen molar-refractivity contribution in [1.82, 2.24) is 10.6 Å². The summed E-state index contributed by atoms with van der Waals surface area (Å²) in [4.78, 5) is 23.8. The largest absolute Gasteiger partial charge is 0.334 e. The van der Waals surface area contributed by atoms with E-state index in [4.69, 9.17) is 11.6 Å². The van der Waals surface area contributed by atoms with Crippen LogP contribution in [0.4, 0.5) is 10.5 Å². The zero-order valence-electron chi connectivity index (χ0n) is 12.5. The van der Waals surface area contributed by atoms with Gasteiger partial charge >= 0.3 is 6.03 Å². The van der Waals surface area contributed by atoms with Gasteiger partial charge in [-0.1, -0.05) is 11.6 Å².